The minimum atomic E-state index is -4.16. The van der Waals surface area contributed by atoms with Gasteiger partial charge in [0.2, 0.25) is 5.91 Å². The van der Waals surface area contributed by atoms with Crippen LogP contribution in [0.3, 0.4) is 0 Å². The molecule has 16 heavy (non-hydrogen) atoms. The third kappa shape index (κ3) is 15.5. The molecule has 0 rings (SSSR count). The van der Waals surface area contributed by atoms with Crippen LogP contribution >= 0.6 is 0 Å². The van der Waals surface area contributed by atoms with Crippen molar-refractivity contribution in [3.63, 3.8) is 0 Å². The lowest BCUT2D eigenvalue weighted by Gasteiger charge is -2.08. The molecule has 0 aromatic rings. The largest absolute Gasteiger partial charge is 0.397 e. The molecule has 0 heterocycles. The molecule has 0 atom stereocenters. The molecule has 8 heteroatoms. The molecule has 0 radical (unpaired) electrons. The van der Waals surface area contributed by atoms with E-state index in [0.717, 1.165) is 13.7 Å². The Kier molecular flexibility index (Phi) is 8.96. The SMILES string of the molecule is C=C(CCN(C)C)C(N)=O.COS(=O)(=O)O. The van der Waals surface area contributed by atoms with Crippen LogP contribution in [0.15, 0.2) is 12.2 Å². The number of nitrogens with zero attached hydrogens (tertiary/aromatic N) is 1. The first-order chi connectivity index (χ1) is 7.10. The van der Waals surface area contributed by atoms with Crippen molar-refractivity contribution in [2.24, 2.45) is 5.73 Å². The Labute approximate surface area is 95.8 Å². The summed E-state index contributed by atoms with van der Waals surface area (Å²) in [7, 11) is 0.586. The Morgan fingerprint density at radius 2 is 1.88 bits per heavy atom. The summed E-state index contributed by atoms with van der Waals surface area (Å²) in [5.74, 6) is -0.401. The molecule has 0 aromatic heterocycles. The maximum Gasteiger partial charge on any atom is 0.397 e. The second-order valence-electron chi connectivity index (χ2n) is 3.12. The highest BCUT2D eigenvalue weighted by Gasteiger charge is 2.00. The minimum absolute atomic E-state index is 0.401. The van der Waals surface area contributed by atoms with E-state index in [0.29, 0.717) is 12.0 Å². The summed E-state index contributed by atoms with van der Waals surface area (Å²) >= 11 is 0. The van der Waals surface area contributed by atoms with Crippen molar-refractivity contribution < 1.29 is 21.9 Å². The highest BCUT2D eigenvalue weighted by Crippen LogP contribution is 1.96. The predicted octanol–water partition coefficient (Wildman–Crippen LogP) is -0.585. The molecule has 96 valence electrons. The number of hydrogen-bond acceptors (Lipinski definition) is 5. The molecule has 0 aliphatic carbocycles. The third-order valence-corrected chi connectivity index (χ3v) is 1.84. The smallest absolute Gasteiger partial charge is 0.366 e. The topological polar surface area (TPSA) is 110 Å². The van der Waals surface area contributed by atoms with Gasteiger partial charge in [-0.2, -0.15) is 8.42 Å². The standard InChI is InChI=1S/C7H14N2O.CH4O4S/c1-6(7(8)10)4-5-9(2)3;1-5-6(2,3)4/h1,4-5H2,2-3H3,(H2,8,10);1H3,(H,2,3,4). The minimum Gasteiger partial charge on any atom is -0.366 e. The van der Waals surface area contributed by atoms with E-state index in [1.807, 2.05) is 19.0 Å². The van der Waals surface area contributed by atoms with Crippen LogP contribution in [0, 0.1) is 0 Å². The summed E-state index contributed by atoms with van der Waals surface area (Å²) < 4.78 is 29.7. The predicted molar refractivity (Wildman–Crippen MR) is 60.1 cm³/mol. The molecule has 7 nitrogen and oxygen atoms in total. The van der Waals surface area contributed by atoms with E-state index < -0.39 is 16.3 Å². The molecular weight excluding hydrogens is 236 g/mol. The van der Waals surface area contributed by atoms with Crippen molar-refractivity contribution in [2.75, 3.05) is 27.7 Å². The van der Waals surface area contributed by atoms with Crippen LogP contribution in [0.1, 0.15) is 6.42 Å². The summed E-state index contributed by atoms with van der Waals surface area (Å²) in [4.78, 5) is 12.4. The van der Waals surface area contributed by atoms with Gasteiger partial charge < -0.3 is 10.6 Å². The number of nitrogens with two attached hydrogens (primary N) is 1. The molecule has 0 spiro atoms. The van der Waals surface area contributed by atoms with Crippen LogP contribution in [0.4, 0.5) is 0 Å². The molecule has 0 aromatic carbocycles. The van der Waals surface area contributed by atoms with Crippen LogP contribution < -0.4 is 5.73 Å². The second kappa shape index (κ2) is 8.22. The first kappa shape index (κ1) is 17.4. The van der Waals surface area contributed by atoms with Gasteiger partial charge in [-0.25, -0.2) is 0 Å². The van der Waals surface area contributed by atoms with E-state index in [1.54, 1.807) is 0 Å². The number of carbonyl (C=O) groups is 1. The second-order valence-corrected chi connectivity index (χ2v) is 4.30. The van der Waals surface area contributed by atoms with Gasteiger partial charge in [-0.15, -0.1) is 0 Å². The average Bonchev–Trinajstić information content (AvgIpc) is 2.13. The van der Waals surface area contributed by atoms with Gasteiger partial charge in [0.05, 0.1) is 7.11 Å². The van der Waals surface area contributed by atoms with Crippen LogP contribution in [0.5, 0.6) is 0 Å². The van der Waals surface area contributed by atoms with Crippen molar-refractivity contribution in [3.05, 3.63) is 12.2 Å². The van der Waals surface area contributed by atoms with E-state index in [-0.39, 0.29) is 0 Å². The number of amides is 1. The Morgan fingerprint density at radius 3 is 2.06 bits per heavy atom. The Hall–Kier alpha value is -0.960. The zero-order valence-corrected chi connectivity index (χ0v) is 10.5. The Bertz CT molecular complexity index is 323. The number of rotatable bonds is 5. The van der Waals surface area contributed by atoms with Gasteiger partial charge in [0.25, 0.3) is 0 Å². The number of hydrogen-bond donors (Lipinski definition) is 2. The van der Waals surface area contributed by atoms with Gasteiger partial charge in [-0.05, 0) is 20.5 Å². The summed E-state index contributed by atoms with van der Waals surface area (Å²) in [5, 5.41) is 0. The molecule has 0 saturated carbocycles. The fraction of sp³-hybridized carbons (Fsp3) is 0.625. The van der Waals surface area contributed by atoms with Gasteiger partial charge in [-0.1, -0.05) is 6.58 Å². The summed E-state index contributed by atoms with van der Waals surface area (Å²) in [6, 6.07) is 0. The molecule has 0 fully saturated rings. The van der Waals surface area contributed by atoms with E-state index in [1.165, 1.54) is 0 Å². The number of carbonyl (C=O) groups excluding carboxylic acids is 1. The zero-order chi connectivity index (χ0) is 13.4. The molecule has 0 aliphatic rings. The molecular formula is C8H18N2O5S. The summed E-state index contributed by atoms with van der Waals surface area (Å²) in [6.45, 7) is 4.35. The summed E-state index contributed by atoms with van der Waals surface area (Å²) in [6.07, 6.45) is 0.655. The van der Waals surface area contributed by atoms with Gasteiger partial charge in [0, 0.05) is 12.1 Å². The lowest BCUT2D eigenvalue weighted by atomic mass is 10.2. The Balaban J connectivity index is 0. The highest BCUT2D eigenvalue weighted by molar-refractivity contribution is 7.80. The first-order valence-electron chi connectivity index (χ1n) is 4.25. The third-order valence-electron chi connectivity index (χ3n) is 1.42. The van der Waals surface area contributed by atoms with Crippen LogP contribution in [-0.2, 0) is 19.4 Å². The van der Waals surface area contributed by atoms with Crippen LogP contribution in [-0.4, -0.2) is 51.5 Å². The zero-order valence-electron chi connectivity index (χ0n) is 9.63. The molecule has 0 saturated heterocycles. The lowest BCUT2D eigenvalue weighted by Crippen LogP contribution is -2.19. The first-order valence-corrected chi connectivity index (χ1v) is 5.62. The van der Waals surface area contributed by atoms with Gasteiger partial charge in [0.1, 0.15) is 0 Å². The fourth-order valence-corrected chi connectivity index (χ4v) is 0.482. The number of primary amides is 1. The molecule has 1 amide bonds. The average molecular weight is 254 g/mol. The van der Waals surface area contributed by atoms with Gasteiger partial charge in [0.15, 0.2) is 0 Å². The molecule has 0 unspecified atom stereocenters. The van der Waals surface area contributed by atoms with Crippen molar-refractivity contribution in [1.82, 2.24) is 4.90 Å². The van der Waals surface area contributed by atoms with E-state index in [2.05, 4.69) is 10.8 Å². The maximum absolute atomic E-state index is 10.4. The summed E-state index contributed by atoms with van der Waals surface area (Å²) in [5.41, 5.74) is 5.46. The van der Waals surface area contributed by atoms with E-state index in [4.69, 9.17) is 10.3 Å². The quantitative estimate of drug-likeness (QED) is 0.501. The van der Waals surface area contributed by atoms with Gasteiger partial charge in [-0.3, -0.25) is 13.5 Å². The molecule has 0 bridgehead atoms. The van der Waals surface area contributed by atoms with Crippen LogP contribution in [0.25, 0.3) is 0 Å². The monoisotopic (exact) mass is 254 g/mol. The van der Waals surface area contributed by atoms with Crippen molar-refractivity contribution in [2.45, 2.75) is 6.42 Å². The fourth-order valence-electron chi connectivity index (χ4n) is 0.482. The highest BCUT2D eigenvalue weighted by atomic mass is 32.3. The Morgan fingerprint density at radius 1 is 1.50 bits per heavy atom. The van der Waals surface area contributed by atoms with E-state index >= 15 is 0 Å². The van der Waals surface area contributed by atoms with Crippen molar-refractivity contribution >= 4 is 16.3 Å². The van der Waals surface area contributed by atoms with Crippen LogP contribution in [0.2, 0.25) is 0 Å². The normalized spacial score (nSPS) is 10.6. The van der Waals surface area contributed by atoms with Crippen molar-refractivity contribution in [1.29, 1.82) is 0 Å². The molecule has 3 N–H and O–H groups in total. The van der Waals surface area contributed by atoms with Gasteiger partial charge >= 0.3 is 10.4 Å². The van der Waals surface area contributed by atoms with Crippen molar-refractivity contribution in [3.8, 4) is 0 Å². The molecule has 0 aliphatic heterocycles. The maximum atomic E-state index is 10.4. The van der Waals surface area contributed by atoms with E-state index in [9.17, 15) is 13.2 Å². The lowest BCUT2D eigenvalue weighted by molar-refractivity contribution is -0.114.